The van der Waals surface area contributed by atoms with E-state index in [2.05, 4.69) is 15.1 Å². The van der Waals surface area contributed by atoms with Crippen LogP contribution in [0.1, 0.15) is 43.0 Å². The number of piperidine rings is 1. The first-order valence-corrected chi connectivity index (χ1v) is 10.7. The zero-order valence-corrected chi connectivity index (χ0v) is 17.5. The van der Waals surface area contributed by atoms with Crippen LogP contribution in [0.15, 0.2) is 24.7 Å². The summed E-state index contributed by atoms with van der Waals surface area (Å²) in [4.78, 5) is 17.7. The first-order chi connectivity index (χ1) is 14.1. The van der Waals surface area contributed by atoms with Crippen LogP contribution in [0.2, 0.25) is 0 Å². The van der Waals surface area contributed by atoms with Crippen molar-refractivity contribution in [1.29, 1.82) is 0 Å². The van der Waals surface area contributed by atoms with Crippen molar-refractivity contribution in [1.82, 2.24) is 29.4 Å². The van der Waals surface area contributed by atoms with Gasteiger partial charge in [-0.05, 0) is 38.4 Å². The minimum absolute atomic E-state index is 0.0216. The number of aromatic nitrogens is 4. The second-order valence-corrected chi connectivity index (χ2v) is 8.20. The topological polar surface area (TPSA) is 68.4 Å². The van der Waals surface area contributed by atoms with Gasteiger partial charge in [0.1, 0.15) is 0 Å². The molecule has 2 fully saturated rings. The number of hydrogen-bond acceptors (Lipinski definition) is 5. The van der Waals surface area contributed by atoms with E-state index in [-0.39, 0.29) is 18.1 Å². The molecule has 2 aliphatic heterocycles. The van der Waals surface area contributed by atoms with E-state index in [1.165, 1.54) is 19.3 Å². The van der Waals surface area contributed by atoms with E-state index in [1.54, 1.807) is 10.9 Å². The average Bonchev–Trinajstić information content (AvgIpc) is 3.34. The summed E-state index contributed by atoms with van der Waals surface area (Å²) in [5.41, 5.74) is 2.14. The maximum Gasteiger partial charge on any atom is 0.223 e. The lowest BCUT2D eigenvalue weighted by molar-refractivity contribution is -0.148. The van der Waals surface area contributed by atoms with Gasteiger partial charge < -0.3 is 14.5 Å². The molecule has 158 valence electrons. The Labute approximate surface area is 172 Å². The van der Waals surface area contributed by atoms with Gasteiger partial charge in [0.05, 0.1) is 24.9 Å². The highest BCUT2D eigenvalue weighted by atomic mass is 16.5. The van der Waals surface area contributed by atoms with E-state index < -0.39 is 0 Å². The molecule has 1 amide bonds. The summed E-state index contributed by atoms with van der Waals surface area (Å²) in [5.74, 6) is 0.173. The standard InChI is InChI=1S/C21H32N6O2/c1-24-15-17(14-23-24)21-19(16-26-10-4-3-5-11-26)29-13-12-27(21)20(28)7-6-18-8-9-22-25(18)2/h8-9,14-15,19,21H,3-7,10-13,16H2,1-2H3/t19-,21-/m0/s1. The fraction of sp³-hybridized carbons (Fsp3) is 0.667. The van der Waals surface area contributed by atoms with Crippen molar-refractivity contribution in [3.63, 3.8) is 0 Å². The number of aryl methyl sites for hydroxylation is 3. The van der Waals surface area contributed by atoms with Gasteiger partial charge in [0, 0.05) is 57.3 Å². The van der Waals surface area contributed by atoms with E-state index in [1.807, 2.05) is 42.1 Å². The minimum atomic E-state index is -0.0848. The normalized spacial score (nSPS) is 23.4. The quantitative estimate of drug-likeness (QED) is 0.736. The van der Waals surface area contributed by atoms with Gasteiger partial charge in [-0.1, -0.05) is 6.42 Å². The molecule has 0 radical (unpaired) electrons. The van der Waals surface area contributed by atoms with Crippen LogP contribution in [0.4, 0.5) is 0 Å². The number of nitrogens with zero attached hydrogens (tertiary/aromatic N) is 6. The number of carbonyl (C=O) groups excluding carboxylic acids is 1. The Bertz CT molecular complexity index is 810. The minimum Gasteiger partial charge on any atom is -0.373 e. The predicted octanol–water partition coefficient (Wildman–Crippen LogP) is 1.54. The third-order valence-corrected chi connectivity index (χ3v) is 6.14. The molecule has 0 spiro atoms. The van der Waals surface area contributed by atoms with Crippen LogP contribution in [0.25, 0.3) is 0 Å². The fourth-order valence-electron chi connectivity index (χ4n) is 4.57. The molecule has 4 rings (SSSR count). The molecular weight excluding hydrogens is 368 g/mol. The maximum atomic E-state index is 13.2. The Morgan fingerprint density at radius 3 is 2.69 bits per heavy atom. The third kappa shape index (κ3) is 4.70. The molecule has 29 heavy (non-hydrogen) atoms. The van der Waals surface area contributed by atoms with Crippen molar-refractivity contribution in [2.24, 2.45) is 14.1 Å². The molecule has 8 nitrogen and oxygen atoms in total. The van der Waals surface area contributed by atoms with Crippen LogP contribution >= 0.6 is 0 Å². The van der Waals surface area contributed by atoms with Crippen LogP contribution < -0.4 is 0 Å². The molecule has 0 saturated carbocycles. The first kappa shape index (κ1) is 20.1. The van der Waals surface area contributed by atoms with Gasteiger partial charge in [0.2, 0.25) is 5.91 Å². The van der Waals surface area contributed by atoms with E-state index in [0.717, 1.165) is 30.9 Å². The van der Waals surface area contributed by atoms with Crippen LogP contribution in [0.5, 0.6) is 0 Å². The number of rotatable bonds is 6. The Kier molecular flexibility index (Phi) is 6.30. The van der Waals surface area contributed by atoms with Gasteiger partial charge in [-0.3, -0.25) is 14.2 Å². The Balaban J connectivity index is 1.50. The number of morpholine rings is 1. The van der Waals surface area contributed by atoms with Crippen LogP contribution in [-0.4, -0.2) is 74.2 Å². The van der Waals surface area contributed by atoms with Crippen LogP contribution in [0, 0.1) is 0 Å². The molecule has 0 aromatic carbocycles. The van der Waals surface area contributed by atoms with Crippen molar-refractivity contribution in [2.45, 2.75) is 44.2 Å². The molecule has 0 aliphatic carbocycles. The molecule has 0 N–H and O–H groups in total. The summed E-state index contributed by atoms with van der Waals surface area (Å²) < 4.78 is 9.86. The highest BCUT2D eigenvalue weighted by Crippen LogP contribution is 2.31. The molecule has 0 unspecified atom stereocenters. The SMILES string of the molecule is Cn1cc([C@H]2[C@H](CN3CCCCC3)OCCN2C(=O)CCc2ccnn2C)cn1. The van der Waals surface area contributed by atoms with Gasteiger partial charge in [0.25, 0.3) is 0 Å². The molecule has 0 bridgehead atoms. The molecular formula is C21H32N6O2. The van der Waals surface area contributed by atoms with Crippen molar-refractivity contribution < 1.29 is 9.53 Å². The monoisotopic (exact) mass is 400 g/mol. The van der Waals surface area contributed by atoms with Gasteiger partial charge in [-0.2, -0.15) is 10.2 Å². The summed E-state index contributed by atoms with van der Waals surface area (Å²) in [6.45, 7) is 4.32. The van der Waals surface area contributed by atoms with Gasteiger partial charge in [0.15, 0.2) is 0 Å². The second-order valence-electron chi connectivity index (χ2n) is 8.20. The van der Waals surface area contributed by atoms with Crippen molar-refractivity contribution in [3.05, 3.63) is 35.9 Å². The van der Waals surface area contributed by atoms with E-state index >= 15 is 0 Å². The maximum absolute atomic E-state index is 13.2. The molecule has 2 aromatic heterocycles. The lowest BCUT2D eigenvalue weighted by Crippen LogP contribution is -2.52. The summed E-state index contributed by atoms with van der Waals surface area (Å²) in [6.07, 6.45) is 10.6. The largest absolute Gasteiger partial charge is 0.373 e. The fourth-order valence-corrected chi connectivity index (χ4v) is 4.57. The first-order valence-electron chi connectivity index (χ1n) is 10.7. The number of ether oxygens (including phenoxy) is 1. The zero-order chi connectivity index (χ0) is 20.2. The molecule has 2 atom stereocenters. The molecule has 8 heteroatoms. The lowest BCUT2D eigenvalue weighted by atomic mass is 9.98. The third-order valence-electron chi connectivity index (χ3n) is 6.14. The van der Waals surface area contributed by atoms with E-state index in [4.69, 9.17) is 4.74 Å². The smallest absolute Gasteiger partial charge is 0.223 e. The highest BCUT2D eigenvalue weighted by molar-refractivity contribution is 5.77. The summed E-state index contributed by atoms with van der Waals surface area (Å²) in [5, 5.41) is 8.57. The second kappa shape index (κ2) is 9.09. The van der Waals surface area contributed by atoms with Gasteiger partial charge >= 0.3 is 0 Å². The zero-order valence-electron chi connectivity index (χ0n) is 17.5. The van der Waals surface area contributed by atoms with Gasteiger partial charge in [-0.25, -0.2) is 0 Å². The number of carbonyl (C=O) groups is 1. The molecule has 2 saturated heterocycles. The van der Waals surface area contributed by atoms with Crippen LogP contribution in [0.3, 0.4) is 0 Å². The Morgan fingerprint density at radius 2 is 2.00 bits per heavy atom. The Morgan fingerprint density at radius 1 is 1.17 bits per heavy atom. The van der Waals surface area contributed by atoms with Gasteiger partial charge in [-0.15, -0.1) is 0 Å². The lowest BCUT2D eigenvalue weighted by Gasteiger charge is -2.43. The molecule has 2 aromatic rings. The summed E-state index contributed by atoms with van der Waals surface area (Å²) >= 11 is 0. The number of amides is 1. The summed E-state index contributed by atoms with van der Waals surface area (Å²) in [6, 6.07) is 1.89. The van der Waals surface area contributed by atoms with Crippen LogP contribution in [-0.2, 0) is 30.0 Å². The summed E-state index contributed by atoms with van der Waals surface area (Å²) in [7, 11) is 3.84. The number of likely N-dealkylation sites (tertiary alicyclic amines) is 1. The molecule has 4 heterocycles. The number of hydrogen-bond donors (Lipinski definition) is 0. The predicted molar refractivity (Wildman–Crippen MR) is 109 cm³/mol. The average molecular weight is 401 g/mol. The van der Waals surface area contributed by atoms with E-state index in [0.29, 0.717) is 26.0 Å². The van der Waals surface area contributed by atoms with E-state index in [9.17, 15) is 4.79 Å². The van der Waals surface area contributed by atoms with Crippen molar-refractivity contribution >= 4 is 5.91 Å². The van der Waals surface area contributed by atoms with Crippen molar-refractivity contribution in [2.75, 3.05) is 32.8 Å². The Hall–Kier alpha value is -2.19. The van der Waals surface area contributed by atoms with Crippen molar-refractivity contribution in [3.8, 4) is 0 Å². The highest BCUT2D eigenvalue weighted by Gasteiger charge is 2.38. The molecule has 2 aliphatic rings.